The molecule has 1 atom stereocenters. The molecule has 2 amide bonds. The summed E-state index contributed by atoms with van der Waals surface area (Å²) in [5, 5.41) is 0. The van der Waals surface area contributed by atoms with Gasteiger partial charge in [0.05, 0.1) is 0 Å². The molecule has 1 saturated heterocycles. The van der Waals surface area contributed by atoms with Crippen molar-refractivity contribution in [1.82, 2.24) is 9.80 Å². The van der Waals surface area contributed by atoms with Crippen LogP contribution in [0.4, 0.5) is 0 Å². The molecule has 1 heterocycles. The Bertz CT molecular complexity index is 362. The summed E-state index contributed by atoms with van der Waals surface area (Å²) in [5.74, 6) is 1.15. The van der Waals surface area contributed by atoms with E-state index >= 15 is 0 Å². The van der Waals surface area contributed by atoms with Gasteiger partial charge in [-0.1, -0.05) is 25.7 Å². The topological polar surface area (TPSA) is 66.6 Å². The maximum absolute atomic E-state index is 12.2. The van der Waals surface area contributed by atoms with E-state index in [-0.39, 0.29) is 30.3 Å². The van der Waals surface area contributed by atoms with Gasteiger partial charge in [-0.25, -0.2) is 0 Å². The van der Waals surface area contributed by atoms with Crippen molar-refractivity contribution in [3.63, 3.8) is 0 Å². The third-order valence-electron chi connectivity index (χ3n) is 4.72. The zero-order valence-electron chi connectivity index (χ0n) is 13.6. The molecule has 2 aliphatic rings. The molecule has 1 aliphatic heterocycles. The van der Waals surface area contributed by atoms with Crippen LogP contribution < -0.4 is 5.73 Å². The van der Waals surface area contributed by atoms with Gasteiger partial charge in [0.25, 0.3) is 0 Å². The predicted molar refractivity (Wildman–Crippen MR) is 89.9 cm³/mol. The molecule has 2 rings (SSSR count). The Labute approximate surface area is 140 Å². The molecular formula is C16H30ClN3O2. The summed E-state index contributed by atoms with van der Waals surface area (Å²) in [6.45, 7) is 4.50. The SMILES string of the molecule is CC(N)CC(=O)N1CCN(C(=O)CCC2CCCC2)CC1.Cl. The van der Waals surface area contributed by atoms with Crippen LogP contribution in [-0.2, 0) is 9.59 Å². The van der Waals surface area contributed by atoms with Crippen LogP contribution in [-0.4, -0.2) is 53.8 Å². The lowest BCUT2D eigenvalue weighted by Gasteiger charge is -2.35. The lowest BCUT2D eigenvalue weighted by molar-refractivity contribution is -0.139. The first-order valence-electron chi connectivity index (χ1n) is 8.37. The molecule has 0 aromatic carbocycles. The van der Waals surface area contributed by atoms with Crippen molar-refractivity contribution in [2.45, 2.75) is 57.9 Å². The predicted octanol–water partition coefficient (Wildman–Crippen LogP) is 1.79. The minimum absolute atomic E-state index is 0. The summed E-state index contributed by atoms with van der Waals surface area (Å²) >= 11 is 0. The number of nitrogens with zero attached hydrogens (tertiary/aromatic N) is 2. The van der Waals surface area contributed by atoms with Gasteiger partial charge in [0, 0.05) is 45.1 Å². The number of carbonyl (C=O) groups is 2. The van der Waals surface area contributed by atoms with Crippen molar-refractivity contribution in [1.29, 1.82) is 0 Å². The fourth-order valence-corrected chi connectivity index (χ4v) is 3.39. The van der Waals surface area contributed by atoms with Gasteiger partial charge in [0.1, 0.15) is 0 Å². The van der Waals surface area contributed by atoms with E-state index in [2.05, 4.69) is 0 Å². The lowest BCUT2D eigenvalue weighted by atomic mass is 10.0. The lowest BCUT2D eigenvalue weighted by Crippen LogP contribution is -2.51. The molecule has 0 spiro atoms. The van der Waals surface area contributed by atoms with Crippen LogP contribution in [0.15, 0.2) is 0 Å². The molecular weight excluding hydrogens is 302 g/mol. The van der Waals surface area contributed by atoms with Crippen LogP contribution in [0.3, 0.4) is 0 Å². The first-order valence-corrected chi connectivity index (χ1v) is 8.37. The monoisotopic (exact) mass is 331 g/mol. The summed E-state index contributed by atoms with van der Waals surface area (Å²) in [4.78, 5) is 27.9. The van der Waals surface area contributed by atoms with Crippen molar-refractivity contribution in [3.05, 3.63) is 0 Å². The van der Waals surface area contributed by atoms with Crippen molar-refractivity contribution in [2.24, 2.45) is 11.7 Å². The normalized spacial score (nSPS) is 20.6. The first-order chi connectivity index (χ1) is 10.1. The number of nitrogens with two attached hydrogens (primary N) is 1. The smallest absolute Gasteiger partial charge is 0.224 e. The third-order valence-corrected chi connectivity index (χ3v) is 4.72. The number of rotatable bonds is 5. The number of carbonyl (C=O) groups excluding carboxylic acids is 2. The van der Waals surface area contributed by atoms with E-state index in [4.69, 9.17) is 5.73 Å². The number of halogens is 1. The summed E-state index contributed by atoms with van der Waals surface area (Å²) in [5.41, 5.74) is 5.66. The molecule has 0 bridgehead atoms. The highest BCUT2D eigenvalue weighted by molar-refractivity contribution is 5.85. The Morgan fingerprint density at radius 1 is 1.05 bits per heavy atom. The number of hydrogen-bond acceptors (Lipinski definition) is 3. The molecule has 0 aromatic rings. The Balaban J connectivity index is 0.00000242. The quantitative estimate of drug-likeness (QED) is 0.835. The molecule has 5 nitrogen and oxygen atoms in total. The van der Waals surface area contributed by atoms with Gasteiger partial charge in [-0.3, -0.25) is 9.59 Å². The highest BCUT2D eigenvalue weighted by Gasteiger charge is 2.25. The van der Waals surface area contributed by atoms with E-state index in [9.17, 15) is 9.59 Å². The Hall–Kier alpha value is -0.810. The molecule has 0 radical (unpaired) electrons. The first kappa shape index (κ1) is 19.2. The van der Waals surface area contributed by atoms with Crippen molar-refractivity contribution in [3.8, 4) is 0 Å². The van der Waals surface area contributed by atoms with Crippen LogP contribution in [0.1, 0.15) is 51.9 Å². The van der Waals surface area contributed by atoms with Gasteiger partial charge in [-0.05, 0) is 19.3 Å². The van der Waals surface area contributed by atoms with E-state index in [1.54, 1.807) is 0 Å². The fraction of sp³-hybridized carbons (Fsp3) is 0.875. The van der Waals surface area contributed by atoms with Gasteiger partial charge in [-0.2, -0.15) is 0 Å². The molecule has 2 fully saturated rings. The summed E-state index contributed by atoms with van der Waals surface area (Å²) in [6.07, 6.45) is 7.38. The van der Waals surface area contributed by atoms with Crippen LogP contribution in [0.25, 0.3) is 0 Å². The largest absolute Gasteiger partial charge is 0.339 e. The molecule has 2 N–H and O–H groups in total. The van der Waals surface area contributed by atoms with Crippen LogP contribution in [0.5, 0.6) is 0 Å². The van der Waals surface area contributed by atoms with E-state index in [0.29, 0.717) is 39.0 Å². The Morgan fingerprint density at radius 3 is 2.05 bits per heavy atom. The standard InChI is InChI=1S/C16H29N3O2.ClH/c1-13(17)12-16(21)19-10-8-18(9-11-19)15(20)7-6-14-4-2-3-5-14;/h13-14H,2-12,17H2,1H3;1H. The maximum Gasteiger partial charge on any atom is 0.224 e. The van der Waals surface area contributed by atoms with Crippen LogP contribution >= 0.6 is 12.4 Å². The van der Waals surface area contributed by atoms with Crippen molar-refractivity contribution < 1.29 is 9.59 Å². The second-order valence-electron chi connectivity index (χ2n) is 6.63. The zero-order valence-corrected chi connectivity index (χ0v) is 14.4. The van der Waals surface area contributed by atoms with E-state index in [1.807, 2.05) is 16.7 Å². The molecule has 22 heavy (non-hydrogen) atoms. The molecule has 1 saturated carbocycles. The zero-order chi connectivity index (χ0) is 15.2. The minimum Gasteiger partial charge on any atom is -0.339 e. The molecule has 1 aliphatic carbocycles. The van der Waals surface area contributed by atoms with Crippen LogP contribution in [0.2, 0.25) is 0 Å². The summed E-state index contributed by atoms with van der Waals surface area (Å²) in [6, 6.07) is -0.0939. The highest BCUT2D eigenvalue weighted by atomic mass is 35.5. The van der Waals surface area contributed by atoms with Crippen molar-refractivity contribution in [2.75, 3.05) is 26.2 Å². The summed E-state index contributed by atoms with van der Waals surface area (Å²) in [7, 11) is 0. The Morgan fingerprint density at radius 2 is 1.55 bits per heavy atom. The second kappa shape index (κ2) is 9.36. The van der Waals surface area contributed by atoms with Gasteiger partial charge in [0.2, 0.25) is 11.8 Å². The number of hydrogen-bond donors (Lipinski definition) is 1. The fourth-order valence-electron chi connectivity index (χ4n) is 3.39. The molecule has 128 valence electrons. The third kappa shape index (κ3) is 5.76. The molecule has 6 heteroatoms. The average molecular weight is 332 g/mol. The molecule has 0 aromatic heterocycles. The Kier molecular flexibility index (Phi) is 8.18. The van der Waals surface area contributed by atoms with Gasteiger partial charge >= 0.3 is 0 Å². The van der Waals surface area contributed by atoms with Crippen LogP contribution in [0, 0.1) is 5.92 Å². The van der Waals surface area contributed by atoms with Gasteiger partial charge in [0.15, 0.2) is 0 Å². The van der Waals surface area contributed by atoms with Gasteiger partial charge in [-0.15, -0.1) is 12.4 Å². The van der Waals surface area contributed by atoms with E-state index < -0.39 is 0 Å². The average Bonchev–Trinajstić information content (AvgIpc) is 2.97. The molecule has 1 unspecified atom stereocenters. The highest BCUT2D eigenvalue weighted by Crippen LogP contribution is 2.28. The minimum atomic E-state index is -0.0939. The summed E-state index contributed by atoms with van der Waals surface area (Å²) < 4.78 is 0. The second-order valence-corrected chi connectivity index (χ2v) is 6.63. The van der Waals surface area contributed by atoms with Gasteiger partial charge < -0.3 is 15.5 Å². The van der Waals surface area contributed by atoms with E-state index in [0.717, 1.165) is 12.3 Å². The van der Waals surface area contributed by atoms with Crippen molar-refractivity contribution >= 4 is 24.2 Å². The number of piperazine rings is 1. The maximum atomic E-state index is 12.2. The van der Waals surface area contributed by atoms with E-state index in [1.165, 1.54) is 25.7 Å². The number of amides is 2.